The fourth-order valence-electron chi connectivity index (χ4n) is 2.52. The van der Waals surface area contributed by atoms with Crippen molar-refractivity contribution in [2.75, 3.05) is 0 Å². The lowest BCUT2D eigenvalue weighted by Gasteiger charge is -2.15. The lowest BCUT2D eigenvalue weighted by molar-refractivity contribution is -0.142. The highest BCUT2D eigenvalue weighted by Gasteiger charge is 2.24. The zero-order chi connectivity index (χ0) is 13.8. The van der Waals surface area contributed by atoms with Crippen LogP contribution in [0.1, 0.15) is 47.3 Å². The molecule has 1 aliphatic rings. The Balaban J connectivity index is 1.89. The van der Waals surface area contributed by atoms with Gasteiger partial charge in [0.1, 0.15) is 0 Å². The van der Waals surface area contributed by atoms with Gasteiger partial charge in [0.05, 0.1) is 11.5 Å². The van der Waals surface area contributed by atoms with Crippen molar-refractivity contribution in [1.82, 2.24) is 5.32 Å². The molecule has 104 valence electrons. The van der Waals surface area contributed by atoms with Crippen molar-refractivity contribution in [2.45, 2.75) is 45.1 Å². The minimum Gasteiger partial charge on any atom is -0.481 e. The zero-order valence-corrected chi connectivity index (χ0v) is 11.8. The molecule has 1 aliphatic carbocycles. The normalized spacial score (nSPS) is 23.6. The van der Waals surface area contributed by atoms with Gasteiger partial charge >= 0.3 is 5.97 Å². The van der Waals surface area contributed by atoms with Crippen LogP contribution >= 0.6 is 11.3 Å². The Morgan fingerprint density at radius 1 is 1.32 bits per heavy atom. The lowest BCUT2D eigenvalue weighted by Crippen LogP contribution is -2.34. The van der Waals surface area contributed by atoms with E-state index in [1.807, 2.05) is 18.4 Å². The van der Waals surface area contributed by atoms with Gasteiger partial charge in [0.25, 0.3) is 5.91 Å². The first-order valence-corrected chi connectivity index (χ1v) is 7.53. The first-order chi connectivity index (χ1) is 9.06. The van der Waals surface area contributed by atoms with Crippen molar-refractivity contribution in [1.29, 1.82) is 0 Å². The average Bonchev–Trinajstić information content (AvgIpc) is 2.65. The van der Waals surface area contributed by atoms with Crippen molar-refractivity contribution in [3.8, 4) is 0 Å². The molecule has 4 nitrogen and oxygen atoms in total. The van der Waals surface area contributed by atoms with Gasteiger partial charge in [0.15, 0.2) is 0 Å². The largest absolute Gasteiger partial charge is 0.481 e. The molecule has 0 radical (unpaired) electrons. The number of carbonyl (C=O) groups excluding carboxylic acids is 1. The number of carboxylic acids is 1. The van der Waals surface area contributed by atoms with E-state index in [1.54, 1.807) is 11.3 Å². The molecular weight excluding hydrogens is 262 g/mol. The summed E-state index contributed by atoms with van der Waals surface area (Å²) < 4.78 is 0. The van der Waals surface area contributed by atoms with Crippen LogP contribution in [0.15, 0.2) is 11.4 Å². The predicted molar refractivity (Wildman–Crippen MR) is 74.5 cm³/mol. The molecule has 5 heteroatoms. The van der Waals surface area contributed by atoms with E-state index >= 15 is 0 Å². The summed E-state index contributed by atoms with van der Waals surface area (Å²) in [6.45, 7) is 1.98. The number of amides is 1. The molecule has 2 unspecified atom stereocenters. The number of rotatable bonds is 3. The van der Waals surface area contributed by atoms with Crippen LogP contribution in [0.3, 0.4) is 0 Å². The number of nitrogens with one attached hydrogen (secondary N) is 1. The van der Waals surface area contributed by atoms with E-state index < -0.39 is 5.97 Å². The second-order valence-electron chi connectivity index (χ2n) is 5.16. The number of hydrogen-bond donors (Lipinski definition) is 2. The highest BCUT2D eigenvalue weighted by Crippen LogP contribution is 2.24. The van der Waals surface area contributed by atoms with Gasteiger partial charge in [-0.2, -0.15) is 0 Å². The zero-order valence-electron chi connectivity index (χ0n) is 11.0. The van der Waals surface area contributed by atoms with E-state index in [-0.39, 0.29) is 17.9 Å². The third kappa shape index (κ3) is 3.80. The molecule has 0 bridgehead atoms. The van der Waals surface area contributed by atoms with E-state index in [1.165, 1.54) is 0 Å². The van der Waals surface area contributed by atoms with E-state index in [4.69, 9.17) is 5.11 Å². The summed E-state index contributed by atoms with van der Waals surface area (Å²) in [4.78, 5) is 24.1. The third-order valence-electron chi connectivity index (χ3n) is 3.65. The van der Waals surface area contributed by atoms with Crippen LogP contribution in [-0.2, 0) is 4.79 Å². The third-order valence-corrected chi connectivity index (χ3v) is 4.51. The number of hydrogen-bond acceptors (Lipinski definition) is 3. The molecule has 0 spiro atoms. The number of carboxylic acid groups (broad SMARTS) is 1. The van der Waals surface area contributed by atoms with Gasteiger partial charge in [-0.05, 0) is 38.7 Å². The Labute approximate surface area is 116 Å². The number of thiophene rings is 1. The molecule has 1 heterocycles. The fourth-order valence-corrected chi connectivity index (χ4v) is 3.21. The van der Waals surface area contributed by atoms with Gasteiger partial charge in [-0.25, -0.2) is 0 Å². The Bertz CT molecular complexity index is 469. The second kappa shape index (κ2) is 6.19. The molecule has 0 aliphatic heterocycles. The Morgan fingerprint density at radius 3 is 2.74 bits per heavy atom. The summed E-state index contributed by atoms with van der Waals surface area (Å²) in [6, 6.07) is 1.99. The monoisotopic (exact) mass is 281 g/mol. The van der Waals surface area contributed by atoms with Gasteiger partial charge in [-0.3, -0.25) is 9.59 Å². The van der Waals surface area contributed by atoms with Gasteiger partial charge in [-0.1, -0.05) is 6.42 Å². The number of aliphatic carboxylic acids is 1. The van der Waals surface area contributed by atoms with Crippen LogP contribution in [0.4, 0.5) is 0 Å². The van der Waals surface area contributed by atoms with E-state index in [2.05, 4.69) is 5.32 Å². The highest BCUT2D eigenvalue weighted by molar-refractivity contribution is 7.10. The molecule has 0 saturated heterocycles. The van der Waals surface area contributed by atoms with E-state index in [0.29, 0.717) is 12.0 Å². The van der Waals surface area contributed by atoms with Gasteiger partial charge < -0.3 is 10.4 Å². The van der Waals surface area contributed by atoms with Crippen LogP contribution in [0.25, 0.3) is 0 Å². The minimum absolute atomic E-state index is 0.0388. The molecule has 19 heavy (non-hydrogen) atoms. The topological polar surface area (TPSA) is 66.4 Å². The van der Waals surface area contributed by atoms with Crippen molar-refractivity contribution < 1.29 is 14.7 Å². The molecule has 1 aromatic rings. The van der Waals surface area contributed by atoms with Gasteiger partial charge in [0, 0.05) is 16.3 Å². The van der Waals surface area contributed by atoms with Crippen LogP contribution < -0.4 is 5.32 Å². The molecule has 2 N–H and O–H groups in total. The summed E-state index contributed by atoms with van der Waals surface area (Å²) in [6.07, 6.45) is 3.87. The van der Waals surface area contributed by atoms with Crippen LogP contribution in [-0.4, -0.2) is 23.0 Å². The average molecular weight is 281 g/mol. The van der Waals surface area contributed by atoms with Crippen molar-refractivity contribution >= 4 is 23.2 Å². The lowest BCUT2D eigenvalue weighted by atomic mass is 10.0. The van der Waals surface area contributed by atoms with Crippen LogP contribution in [0.2, 0.25) is 0 Å². The summed E-state index contributed by atoms with van der Waals surface area (Å²) in [5.74, 6) is -0.992. The predicted octanol–water partition coefficient (Wildman–Crippen LogP) is 2.82. The van der Waals surface area contributed by atoms with Crippen molar-refractivity contribution in [3.63, 3.8) is 0 Å². The highest BCUT2D eigenvalue weighted by atomic mass is 32.1. The maximum Gasteiger partial charge on any atom is 0.306 e. The van der Waals surface area contributed by atoms with Crippen molar-refractivity contribution in [2.24, 2.45) is 5.92 Å². The first-order valence-electron chi connectivity index (χ1n) is 6.65. The summed E-state index contributed by atoms with van der Waals surface area (Å²) in [5.41, 5.74) is 0.710. The summed E-state index contributed by atoms with van der Waals surface area (Å²) in [7, 11) is 0. The quantitative estimate of drug-likeness (QED) is 0.837. The Kier molecular flexibility index (Phi) is 4.58. The van der Waals surface area contributed by atoms with E-state index in [0.717, 1.165) is 30.6 Å². The maximum absolute atomic E-state index is 12.0. The van der Waals surface area contributed by atoms with E-state index in [9.17, 15) is 9.59 Å². The second-order valence-corrected chi connectivity index (χ2v) is 6.28. The maximum atomic E-state index is 12.0. The molecule has 1 aromatic heterocycles. The fraction of sp³-hybridized carbons (Fsp3) is 0.571. The molecule has 2 rings (SSSR count). The van der Waals surface area contributed by atoms with Gasteiger partial charge in [-0.15, -0.1) is 11.3 Å². The molecule has 1 amide bonds. The smallest absolute Gasteiger partial charge is 0.306 e. The van der Waals surface area contributed by atoms with Crippen molar-refractivity contribution in [3.05, 3.63) is 21.9 Å². The first kappa shape index (κ1) is 14.1. The summed E-state index contributed by atoms with van der Waals surface area (Å²) in [5, 5.41) is 13.9. The molecule has 1 saturated carbocycles. The summed E-state index contributed by atoms with van der Waals surface area (Å²) >= 11 is 1.56. The van der Waals surface area contributed by atoms with Crippen LogP contribution in [0.5, 0.6) is 0 Å². The molecule has 2 atom stereocenters. The number of carbonyl (C=O) groups is 2. The Hall–Kier alpha value is -1.36. The van der Waals surface area contributed by atoms with Gasteiger partial charge in [0.2, 0.25) is 0 Å². The molecule has 1 fully saturated rings. The van der Waals surface area contributed by atoms with Crippen LogP contribution in [0, 0.1) is 12.8 Å². The Morgan fingerprint density at radius 2 is 2.11 bits per heavy atom. The SMILES string of the molecule is Cc1cc(C(=O)NC2CCCC(C(=O)O)CC2)cs1. The minimum atomic E-state index is -0.708. The molecular formula is C14H19NO3S. The standard InChI is InChI=1S/C14H19NO3S/c1-9-7-11(8-19-9)13(16)15-12-4-2-3-10(5-6-12)14(17)18/h7-8,10,12H,2-6H2,1H3,(H,15,16)(H,17,18). The number of aryl methyl sites for hydroxylation is 1. The molecule has 0 aromatic carbocycles.